The third-order valence-corrected chi connectivity index (χ3v) is 5.67. The molecule has 0 heterocycles. The highest BCUT2D eigenvalue weighted by atomic mass is 32.2. The molecule has 1 N–H and O–H groups in total. The van der Waals surface area contributed by atoms with E-state index in [9.17, 15) is 13.2 Å². The van der Waals surface area contributed by atoms with Crippen LogP contribution in [0, 0.1) is 0 Å². The smallest absolute Gasteiger partial charge is 0.243 e. The first-order valence-corrected chi connectivity index (χ1v) is 10.4. The van der Waals surface area contributed by atoms with Gasteiger partial charge in [0.2, 0.25) is 15.9 Å². The molecule has 0 aromatic heterocycles. The zero-order valence-electron chi connectivity index (χ0n) is 15.7. The van der Waals surface area contributed by atoms with Gasteiger partial charge in [0, 0.05) is 13.1 Å². The van der Waals surface area contributed by atoms with Gasteiger partial charge < -0.3 is 10.1 Å². The highest BCUT2D eigenvalue weighted by Gasteiger charge is 2.26. The van der Waals surface area contributed by atoms with Gasteiger partial charge in [-0.3, -0.25) is 4.79 Å². The largest absolute Gasteiger partial charge is 0.494 e. The Morgan fingerprint density at radius 2 is 1.70 bits per heavy atom. The normalized spacial score (nSPS) is 11.4. The van der Waals surface area contributed by atoms with Gasteiger partial charge in [-0.2, -0.15) is 4.31 Å². The molecular formula is C20H26N2O4S. The van der Waals surface area contributed by atoms with Crippen LogP contribution < -0.4 is 10.1 Å². The molecule has 0 aliphatic carbocycles. The SMILES string of the molecule is CCCNC(=O)CN(Cc1ccccc1)S(=O)(=O)c1ccc(OCC)cc1. The number of sulfonamides is 1. The second kappa shape index (κ2) is 10.1. The Morgan fingerprint density at radius 1 is 1.04 bits per heavy atom. The Kier molecular flexibility index (Phi) is 7.82. The van der Waals surface area contributed by atoms with Crippen molar-refractivity contribution < 1.29 is 17.9 Å². The summed E-state index contributed by atoms with van der Waals surface area (Å²) in [7, 11) is -3.83. The highest BCUT2D eigenvalue weighted by Crippen LogP contribution is 2.21. The summed E-state index contributed by atoms with van der Waals surface area (Å²) >= 11 is 0. The van der Waals surface area contributed by atoms with E-state index in [0.717, 1.165) is 12.0 Å². The molecule has 0 radical (unpaired) electrons. The first kappa shape index (κ1) is 20.9. The zero-order chi connectivity index (χ0) is 19.7. The van der Waals surface area contributed by atoms with Crippen LogP contribution >= 0.6 is 0 Å². The summed E-state index contributed by atoms with van der Waals surface area (Å²) in [5, 5.41) is 2.73. The van der Waals surface area contributed by atoms with Gasteiger partial charge in [0.15, 0.2) is 0 Å². The van der Waals surface area contributed by atoms with Gasteiger partial charge in [-0.05, 0) is 43.2 Å². The number of nitrogens with one attached hydrogen (secondary N) is 1. The topological polar surface area (TPSA) is 75.7 Å². The van der Waals surface area contributed by atoms with Gasteiger partial charge >= 0.3 is 0 Å². The monoisotopic (exact) mass is 390 g/mol. The molecule has 0 aliphatic rings. The zero-order valence-corrected chi connectivity index (χ0v) is 16.5. The van der Waals surface area contributed by atoms with Crippen molar-refractivity contribution in [1.82, 2.24) is 9.62 Å². The van der Waals surface area contributed by atoms with E-state index in [1.165, 1.54) is 16.4 Å². The van der Waals surface area contributed by atoms with Gasteiger partial charge in [-0.25, -0.2) is 8.42 Å². The van der Waals surface area contributed by atoms with Crippen LogP contribution in [0.25, 0.3) is 0 Å². The number of ether oxygens (including phenoxy) is 1. The molecule has 0 aliphatic heterocycles. The van der Waals surface area contributed by atoms with Gasteiger partial charge in [0.25, 0.3) is 0 Å². The number of hydrogen-bond acceptors (Lipinski definition) is 4. The summed E-state index contributed by atoms with van der Waals surface area (Å²) < 4.78 is 32.8. The molecule has 2 aromatic rings. The minimum atomic E-state index is -3.83. The quantitative estimate of drug-likeness (QED) is 0.677. The Morgan fingerprint density at radius 3 is 2.30 bits per heavy atom. The Bertz CT molecular complexity index is 821. The summed E-state index contributed by atoms with van der Waals surface area (Å²) in [6, 6.07) is 15.5. The van der Waals surface area contributed by atoms with E-state index in [1.54, 1.807) is 12.1 Å². The second-order valence-electron chi connectivity index (χ2n) is 6.01. The Labute approximate surface area is 161 Å². The van der Waals surface area contributed by atoms with Crippen molar-refractivity contribution in [3.8, 4) is 5.75 Å². The summed E-state index contributed by atoms with van der Waals surface area (Å²) in [4.78, 5) is 12.3. The minimum absolute atomic E-state index is 0.121. The molecule has 6 nitrogen and oxygen atoms in total. The Hall–Kier alpha value is -2.38. The fourth-order valence-corrected chi connectivity index (χ4v) is 3.90. The number of amides is 1. The number of nitrogens with zero attached hydrogens (tertiary/aromatic N) is 1. The lowest BCUT2D eigenvalue weighted by Crippen LogP contribution is -2.40. The molecule has 0 bridgehead atoms. The van der Waals surface area contributed by atoms with Crippen LogP contribution in [-0.2, 0) is 21.4 Å². The number of carbonyl (C=O) groups is 1. The van der Waals surface area contributed by atoms with Crippen molar-refractivity contribution in [3.05, 3.63) is 60.2 Å². The fourth-order valence-electron chi connectivity index (χ4n) is 2.52. The maximum absolute atomic E-state index is 13.1. The molecule has 27 heavy (non-hydrogen) atoms. The molecule has 0 fully saturated rings. The van der Waals surface area contributed by atoms with E-state index in [4.69, 9.17) is 4.74 Å². The third-order valence-electron chi connectivity index (χ3n) is 3.87. The lowest BCUT2D eigenvalue weighted by atomic mass is 10.2. The van der Waals surface area contributed by atoms with E-state index < -0.39 is 10.0 Å². The average molecular weight is 391 g/mol. The lowest BCUT2D eigenvalue weighted by molar-refractivity contribution is -0.121. The van der Waals surface area contributed by atoms with Crippen molar-refractivity contribution in [2.45, 2.75) is 31.7 Å². The number of rotatable bonds is 10. The van der Waals surface area contributed by atoms with Gasteiger partial charge in [-0.15, -0.1) is 0 Å². The second-order valence-corrected chi connectivity index (χ2v) is 7.95. The van der Waals surface area contributed by atoms with E-state index in [2.05, 4.69) is 5.32 Å². The molecule has 0 saturated heterocycles. The first-order valence-electron chi connectivity index (χ1n) is 9.01. The van der Waals surface area contributed by atoms with Crippen molar-refractivity contribution in [1.29, 1.82) is 0 Å². The molecule has 7 heteroatoms. The minimum Gasteiger partial charge on any atom is -0.494 e. The van der Waals surface area contributed by atoms with Crippen molar-refractivity contribution >= 4 is 15.9 Å². The van der Waals surface area contributed by atoms with Crippen LogP contribution in [0.3, 0.4) is 0 Å². The fraction of sp³-hybridized carbons (Fsp3) is 0.350. The molecule has 1 amide bonds. The third kappa shape index (κ3) is 6.08. The highest BCUT2D eigenvalue weighted by molar-refractivity contribution is 7.89. The van der Waals surface area contributed by atoms with E-state index in [-0.39, 0.29) is 23.9 Å². The van der Waals surface area contributed by atoms with E-state index >= 15 is 0 Å². The molecule has 2 aromatic carbocycles. The molecule has 0 spiro atoms. The summed E-state index contributed by atoms with van der Waals surface area (Å²) in [6.07, 6.45) is 0.788. The van der Waals surface area contributed by atoms with Crippen molar-refractivity contribution in [2.24, 2.45) is 0 Å². The summed E-state index contributed by atoms with van der Waals surface area (Å²) in [5.74, 6) is 0.286. The number of carbonyl (C=O) groups excluding carboxylic acids is 1. The summed E-state index contributed by atoms with van der Waals surface area (Å²) in [5.41, 5.74) is 0.815. The molecule has 0 atom stereocenters. The number of hydrogen-bond donors (Lipinski definition) is 1. The average Bonchev–Trinajstić information content (AvgIpc) is 2.67. The molecule has 2 rings (SSSR count). The van der Waals surface area contributed by atoms with Crippen LogP contribution in [0.15, 0.2) is 59.5 Å². The first-order chi connectivity index (χ1) is 13.0. The summed E-state index contributed by atoms with van der Waals surface area (Å²) in [6.45, 7) is 4.71. The van der Waals surface area contributed by atoms with Crippen LogP contribution in [0.2, 0.25) is 0 Å². The molecular weight excluding hydrogens is 364 g/mol. The van der Waals surface area contributed by atoms with E-state index in [0.29, 0.717) is 18.9 Å². The molecule has 0 saturated carbocycles. The maximum Gasteiger partial charge on any atom is 0.243 e. The maximum atomic E-state index is 13.1. The molecule has 146 valence electrons. The van der Waals surface area contributed by atoms with Crippen LogP contribution in [-0.4, -0.2) is 38.3 Å². The van der Waals surface area contributed by atoms with Gasteiger partial charge in [0.1, 0.15) is 5.75 Å². The standard InChI is InChI=1S/C20H26N2O4S/c1-3-14-21-20(23)16-22(15-17-8-6-5-7-9-17)27(24,25)19-12-10-18(11-13-19)26-4-2/h5-13H,3-4,14-16H2,1-2H3,(H,21,23). The van der Waals surface area contributed by atoms with Crippen LogP contribution in [0.4, 0.5) is 0 Å². The van der Waals surface area contributed by atoms with E-state index in [1.807, 2.05) is 44.2 Å². The molecule has 0 unspecified atom stereocenters. The predicted molar refractivity (Wildman–Crippen MR) is 105 cm³/mol. The van der Waals surface area contributed by atoms with Crippen molar-refractivity contribution in [3.63, 3.8) is 0 Å². The lowest BCUT2D eigenvalue weighted by Gasteiger charge is -2.22. The number of benzene rings is 2. The Balaban J connectivity index is 2.27. The van der Waals surface area contributed by atoms with Crippen LogP contribution in [0.1, 0.15) is 25.8 Å². The van der Waals surface area contributed by atoms with Crippen LogP contribution in [0.5, 0.6) is 5.75 Å². The van der Waals surface area contributed by atoms with Gasteiger partial charge in [0.05, 0.1) is 18.0 Å². The predicted octanol–water partition coefficient (Wildman–Crippen LogP) is 2.80. The van der Waals surface area contributed by atoms with Crippen molar-refractivity contribution in [2.75, 3.05) is 19.7 Å². The van der Waals surface area contributed by atoms with Gasteiger partial charge in [-0.1, -0.05) is 37.3 Å².